The summed E-state index contributed by atoms with van der Waals surface area (Å²) in [5.74, 6) is 0.712. The van der Waals surface area contributed by atoms with Gasteiger partial charge in [0.25, 0.3) is 0 Å². The molecule has 1 saturated heterocycles. The van der Waals surface area contributed by atoms with Gasteiger partial charge in [-0.15, -0.1) is 12.4 Å². The molecule has 0 saturated carbocycles. The van der Waals surface area contributed by atoms with E-state index in [2.05, 4.69) is 30.0 Å². The molecule has 1 atom stereocenters. The zero-order valence-electron chi connectivity index (χ0n) is 16.8. The van der Waals surface area contributed by atoms with Gasteiger partial charge < -0.3 is 4.74 Å². The van der Waals surface area contributed by atoms with Crippen LogP contribution in [0, 0.1) is 5.82 Å². The Labute approximate surface area is 174 Å². The molecule has 0 amide bonds. The van der Waals surface area contributed by atoms with Gasteiger partial charge in [-0.3, -0.25) is 4.90 Å². The number of halogens is 2. The lowest BCUT2D eigenvalue weighted by molar-refractivity contribution is 0.0340. The minimum Gasteiger partial charge on any atom is -0.489 e. The second-order valence-electron chi connectivity index (χ2n) is 8.19. The molecule has 1 aliphatic heterocycles. The molecule has 2 aliphatic rings. The van der Waals surface area contributed by atoms with Gasteiger partial charge in [-0.2, -0.15) is 0 Å². The summed E-state index contributed by atoms with van der Waals surface area (Å²) in [6.07, 6.45) is 8.89. The first kappa shape index (κ1) is 21.1. The highest BCUT2D eigenvalue weighted by molar-refractivity contribution is 5.85. The van der Waals surface area contributed by atoms with Crippen LogP contribution in [0.15, 0.2) is 42.5 Å². The van der Waals surface area contributed by atoms with Crippen molar-refractivity contribution >= 4 is 12.4 Å². The molecule has 0 aromatic heterocycles. The van der Waals surface area contributed by atoms with Crippen LogP contribution in [0.3, 0.4) is 0 Å². The molecular weight excluding hydrogens is 373 g/mol. The largest absolute Gasteiger partial charge is 0.489 e. The third-order valence-electron chi connectivity index (χ3n) is 6.36. The molecule has 1 fully saturated rings. The van der Waals surface area contributed by atoms with Gasteiger partial charge in [-0.05, 0) is 92.6 Å². The van der Waals surface area contributed by atoms with Crippen molar-refractivity contribution in [3.05, 3.63) is 65.0 Å². The Hall–Kier alpha value is -1.58. The molecular formula is C24H31ClFNO. The highest BCUT2D eigenvalue weighted by Gasteiger charge is 2.40. The quantitative estimate of drug-likeness (QED) is 0.611. The molecule has 0 N–H and O–H groups in total. The van der Waals surface area contributed by atoms with Crippen molar-refractivity contribution in [1.29, 1.82) is 0 Å². The first-order valence-corrected chi connectivity index (χ1v) is 10.4. The zero-order valence-corrected chi connectivity index (χ0v) is 17.6. The standard InChI is InChI=1S/C24H30FNO.ClH/c1-2-14-26-15-4-3-12-24(26)13-11-20-16-23(10-7-21(20)17-24)27-18-19-5-8-22(25)9-6-19;/h5-10,16H,2-4,11-15,17-18H2,1H3;1H. The van der Waals surface area contributed by atoms with Crippen molar-refractivity contribution in [2.45, 2.75) is 64.0 Å². The summed E-state index contributed by atoms with van der Waals surface area (Å²) >= 11 is 0. The monoisotopic (exact) mass is 403 g/mol. The SMILES string of the molecule is CCCN1CCCCC12CCc1cc(OCc3ccc(F)cc3)ccc1C2.Cl. The average molecular weight is 404 g/mol. The van der Waals surface area contributed by atoms with Gasteiger partial charge in [-0.25, -0.2) is 4.39 Å². The molecule has 4 heteroatoms. The molecule has 152 valence electrons. The van der Waals surface area contributed by atoms with Crippen molar-refractivity contribution < 1.29 is 9.13 Å². The highest BCUT2D eigenvalue weighted by atomic mass is 35.5. The molecule has 2 nitrogen and oxygen atoms in total. The topological polar surface area (TPSA) is 12.5 Å². The van der Waals surface area contributed by atoms with Crippen molar-refractivity contribution in [3.8, 4) is 5.75 Å². The minimum absolute atomic E-state index is 0. The lowest BCUT2D eigenvalue weighted by atomic mass is 9.72. The highest BCUT2D eigenvalue weighted by Crippen LogP contribution is 2.40. The Morgan fingerprint density at radius 3 is 2.64 bits per heavy atom. The maximum absolute atomic E-state index is 13.0. The first-order chi connectivity index (χ1) is 13.2. The molecule has 28 heavy (non-hydrogen) atoms. The summed E-state index contributed by atoms with van der Waals surface area (Å²) in [5.41, 5.74) is 4.32. The van der Waals surface area contributed by atoms with Crippen LogP contribution in [-0.4, -0.2) is 23.5 Å². The Bertz CT molecular complexity index is 777. The van der Waals surface area contributed by atoms with Crippen LogP contribution in [0.5, 0.6) is 5.75 Å². The fraction of sp³-hybridized carbons (Fsp3) is 0.500. The molecule has 1 aliphatic carbocycles. The van der Waals surface area contributed by atoms with Gasteiger partial charge in [0, 0.05) is 5.54 Å². The zero-order chi connectivity index (χ0) is 18.7. The Kier molecular flexibility index (Phi) is 7.00. The van der Waals surface area contributed by atoms with E-state index in [1.165, 1.54) is 74.9 Å². The normalized spacial score (nSPS) is 21.8. The molecule has 4 rings (SSSR count). The van der Waals surface area contributed by atoms with E-state index >= 15 is 0 Å². The number of ether oxygens (including phenoxy) is 1. The van der Waals surface area contributed by atoms with Crippen LogP contribution in [0.1, 0.15) is 55.7 Å². The maximum Gasteiger partial charge on any atom is 0.123 e. The van der Waals surface area contributed by atoms with Gasteiger partial charge in [-0.1, -0.05) is 31.5 Å². The Balaban J connectivity index is 0.00000225. The van der Waals surface area contributed by atoms with Crippen LogP contribution in [0.2, 0.25) is 0 Å². The molecule has 2 aromatic rings. The van der Waals surface area contributed by atoms with Crippen LogP contribution in [-0.2, 0) is 19.4 Å². The van der Waals surface area contributed by atoms with E-state index in [1.54, 1.807) is 12.1 Å². The summed E-state index contributed by atoms with van der Waals surface area (Å²) in [6, 6.07) is 13.1. The van der Waals surface area contributed by atoms with Crippen molar-refractivity contribution in [2.75, 3.05) is 13.1 Å². The number of hydrogen-bond donors (Lipinski definition) is 0. The van der Waals surface area contributed by atoms with Crippen molar-refractivity contribution in [2.24, 2.45) is 0 Å². The number of aryl methyl sites for hydroxylation is 1. The Morgan fingerprint density at radius 2 is 1.86 bits per heavy atom. The van der Waals surface area contributed by atoms with E-state index < -0.39 is 0 Å². The van der Waals surface area contributed by atoms with Gasteiger partial charge in [0.15, 0.2) is 0 Å². The third-order valence-corrected chi connectivity index (χ3v) is 6.36. The van der Waals surface area contributed by atoms with Crippen molar-refractivity contribution in [1.82, 2.24) is 4.90 Å². The van der Waals surface area contributed by atoms with Gasteiger partial charge >= 0.3 is 0 Å². The number of fused-ring (bicyclic) bond motifs is 1. The van der Waals surface area contributed by atoms with Crippen LogP contribution in [0.25, 0.3) is 0 Å². The lowest BCUT2D eigenvalue weighted by Gasteiger charge is -2.50. The van der Waals surface area contributed by atoms with E-state index in [9.17, 15) is 4.39 Å². The average Bonchev–Trinajstić information content (AvgIpc) is 2.70. The molecule has 1 unspecified atom stereocenters. The number of nitrogens with zero attached hydrogens (tertiary/aromatic N) is 1. The number of piperidine rings is 1. The summed E-state index contributed by atoms with van der Waals surface area (Å²) in [5, 5.41) is 0. The fourth-order valence-electron chi connectivity index (χ4n) is 4.91. The number of likely N-dealkylation sites (tertiary alicyclic amines) is 1. The Morgan fingerprint density at radius 1 is 1.04 bits per heavy atom. The van der Waals surface area contributed by atoms with E-state index in [0.29, 0.717) is 12.1 Å². The maximum atomic E-state index is 13.0. The first-order valence-electron chi connectivity index (χ1n) is 10.4. The number of benzene rings is 2. The van der Waals surface area contributed by atoms with Crippen LogP contribution >= 0.6 is 12.4 Å². The molecule has 2 aromatic carbocycles. The van der Waals surface area contributed by atoms with E-state index in [0.717, 1.165) is 17.7 Å². The molecule has 0 radical (unpaired) electrons. The molecule has 0 bridgehead atoms. The molecule has 1 spiro atoms. The van der Waals surface area contributed by atoms with E-state index in [1.807, 2.05) is 0 Å². The fourth-order valence-corrected chi connectivity index (χ4v) is 4.91. The van der Waals surface area contributed by atoms with Gasteiger partial charge in [0.2, 0.25) is 0 Å². The second-order valence-corrected chi connectivity index (χ2v) is 8.19. The minimum atomic E-state index is -0.207. The number of hydrogen-bond acceptors (Lipinski definition) is 2. The third kappa shape index (κ3) is 4.52. The summed E-state index contributed by atoms with van der Waals surface area (Å²) in [6.45, 7) is 5.27. The van der Waals surface area contributed by atoms with Crippen LogP contribution in [0.4, 0.5) is 4.39 Å². The second kappa shape index (κ2) is 9.28. The van der Waals surface area contributed by atoms with Gasteiger partial charge in [0.05, 0.1) is 0 Å². The van der Waals surface area contributed by atoms with E-state index in [4.69, 9.17) is 4.74 Å². The predicted octanol–water partition coefficient (Wildman–Crippen LogP) is 5.95. The summed E-state index contributed by atoms with van der Waals surface area (Å²) in [7, 11) is 0. The summed E-state index contributed by atoms with van der Waals surface area (Å²) < 4.78 is 19.0. The predicted molar refractivity (Wildman–Crippen MR) is 115 cm³/mol. The smallest absolute Gasteiger partial charge is 0.123 e. The summed E-state index contributed by atoms with van der Waals surface area (Å²) in [4.78, 5) is 2.78. The van der Waals surface area contributed by atoms with Gasteiger partial charge in [0.1, 0.15) is 18.2 Å². The van der Waals surface area contributed by atoms with Crippen molar-refractivity contribution in [3.63, 3.8) is 0 Å². The lowest BCUT2D eigenvalue weighted by Crippen LogP contribution is -2.55. The molecule has 1 heterocycles. The number of rotatable bonds is 5. The van der Waals surface area contributed by atoms with Crippen LogP contribution < -0.4 is 4.74 Å². The van der Waals surface area contributed by atoms with E-state index in [-0.39, 0.29) is 18.2 Å².